The van der Waals surface area contributed by atoms with Crippen molar-refractivity contribution in [3.8, 4) is 0 Å². The molecular weight excluding hydrogens is 370 g/mol. The summed E-state index contributed by atoms with van der Waals surface area (Å²) in [5, 5.41) is 7.86. The molecule has 2 heterocycles. The zero-order chi connectivity index (χ0) is 19.9. The van der Waals surface area contributed by atoms with Crippen molar-refractivity contribution in [2.75, 3.05) is 31.1 Å². The van der Waals surface area contributed by atoms with E-state index in [0.717, 1.165) is 12.5 Å². The van der Waals surface area contributed by atoms with Gasteiger partial charge in [-0.15, -0.1) is 0 Å². The van der Waals surface area contributed by atoms with Crippen molar-refractivity contribution in [3.05, 3.63) is 54.0 Å². The summed E-state index contributed by atoms with van der Waals surface area (Å²) >= 11 is 0. The average Bonchev–Trinajstić information content (AvgIpc) is 3.37. The van der Waals surface area contributed by atoms with Gasteiger partial charge in [-0.05, 0) is 36.6 Å². The monoisotopic (exact) mass is 392 g/mol. The SMILES string of the molecule is O=C(CNC(=O)NCC1CCN(c2ccc(F)c(F)c2)C1)NCc1ccco1. The van der Waals surface area contributed by atoms with E-state index in [1.807, 2.05) is 4.90 Å². The smallest absolute Gasteiger partial charge is 0.315 e. The standard InChI is InChI=1S/C19H22F2N4O3/c20-16-4-3-14(8-17(16)21)25-6-5-13(12-25)9-23-19(27)24-11-18(26)22-10-15-2-1-7-28-15/h1-4,7-8,13H,5-6,9-12H2,(H,22,26)(H2,23,24,27). The molecule has 1 unspecified atom stereocenters. The van der Waals surface area contributed by atoms with Crippen LogP contribution in [0, 0.1) is 17.6 Å². The normalized spacial score (nSPS) is 16.1. The van der Waals surface area contributed by atoms with E-state index >= 15 is 0 Å². The Labute approximate surface area is 161 Å². The second-order valence-electron chi connectivity index (χ2n) is 6.62. The summed E-state index contributed by atoms with van der Waals surface area (Å²) in [6, 6.07) is 6.87. The van der Waals surface area contributed by atoms with Gasteiger partial charge < -0.3 is 25.3 Å². The highest BCUT2D eigenvalue weighted by Crippen LogP contribution is 2.24. The Bertz CT molecular complexity index is 814. The van der Waals surface area contributed by atoms with Crippen LogP contribution in [0.25, 0.3) is 0 Å². The van der Waals surface area contributed by atoms with Crippen molar-refractivity contribution in [2.45, 2.75) is 13.0 Å². The third-order valence-corrected chi connectivity index (χ3v) is 4.55. The number of hydrogen-bond acceptors (Lipinski definition) is 4. The molecule has 0 radical (unpaired) electrons. The molecular formula is C19H22F2N4O3. The molecule has 9 heteroatoms. The van der Waals surface area contributed by atoms with E-state index in [1.54, 1.807) is 18.2 Å². The van der Waals surface area contributed by atoms with Crippen molar-refractivity contribution in [3.63, 3.8) is 0 Å². The second kappa shape index (κ2) is 9.20. The molecule has 1 atom stereocenters. The van der Waals surface area contributed by atoms with Gasteiger partial charge in [0.25, 0.3) is 0 Å². The highest BCUT2D eigenvalue weighted by molar-refractivity contribution is 5.83. The van der Waals surface area contributed by atoms with Gasteiger partial charge >= 0.3 is 6.03 Å². The van der Waals surface area contributed by atoms with Gasteiger partial charge in [0.1, 0.15) is 5.76 Å². The Morgan fingerprint density at radius 3 is 2.75 bits per heavy atom. The number of furan rings is 1. The van der Waals surface area contributed by atoms with Crippen LogP contribution in [0.4, 0.5) is 19.3 Å². The molecule has 0 spiro atoms. The van der Waals surface area contributed by atoms with Gasteiger partial charge in [-0.25, -0.2) is 13.6 Å². The molecule has 1 aliphatic heterocycles. The highest BCUT2D eigenvalue weighted by Gasteiger charge is 2.23. The zero-order valence-corrected chi connectivity index (χ0v) is 15.2. The van der Waals surface area contributed by atoms with Gasteiger partial charge in [-0.2, -0.15) is 0 Å². The molecule has 3 rings (SSSR count). The maximum absolute atomic E-state index is 13.4. The third kappa shape index (κ3) is 5.45. The minimum atomic E-state index is -0.872. The topological polar surface area (TPSA) is 86.6 Å². The first kappa shape index (κ1) is 19.7. The molecule has 3 N–H and O–H groups in total. The molecule has 1 aromatic carbocycles. The molecule has 1 aliphatic rings. The summed E-state index contributed by atoms with van der Waals surface area (Å²) in [5.74, 6) is -1.25. The first-order valence-corrected chi connectivity index (χ1v) is 9.02. The first-order chi connectivity index (χ1) is 13.5. The lowest BCUT2D eigenvalue weighted by Gasteiger charge is -2.19. The number of halogens is 2. The molecule has 2 aromatic rings. The molecule has 0 bridgehead atoms. The van der Waals surface area contributed by atoms with Crippen molar-refractivity contribution < 1.29 is 22.8 Å². The van der Waals surface area contributed by atoms with Crippen LogP contribution in [0.15, 0.2) is 41.0 Å². The van der Waals surface area contributed by atoms with Crippen LogP contribution in [0.2, 0.25) is 0 Å². The average molecular weight is 392 g/mol. The van der Waals surface area contributed by atoms with Gasteiger partial charge in [0.2, 0.25) is 5.91 Å². The van der Waals surface area contributed by atoms with E-state index in [4.69, 9.17) is 4.42 Å². The molecule has 0 aliphatic carbocycles. The van der Waals surface area contributed by atoms with E-state index < -0.39 is 17.7 Å². The van der Waals surface area contributed by atoms with Crippen molar-refractivity contribution in [2.24, 2.45) is 5.92 Å². The fraction of sp³-hybridized carbons (Fsp3) is 0.368. The van der Waals surface area contributed by atoms with Crippen LogP contribution in [0.3, 0.4) is 0 Å². The molecule has 1 fully saturated rings. The van der Waals surface area contributed by atoms with Crippen LogP contribution in [-0.4, -0.2) is 38.1 Å². The largest absolute Gasteiger partial charge is 0.467 e. The van der Waals surface area contributed by atoms with Crippen LogP contribution in [0.1, 0.15) is 12.2 Å². The van der Waals surface area contributed by atoms with Crippen LogP contribution in [0.5, 0.6) is 0 Å². The van der Waals surface area contributed by atoms with Gasteiger partial charge in [0, 0.05) is 31.4 Å². The van der Waals surface area contributed by atoms with Gasteiger partial charge in [0.15, 0.2) is 11.6 Å². The van der Waals surface area contributed by atoms with Crippen molar-refractivity contribution in [1.82, 2.24) is 16.0 Å². The van der Waals surface area contributed by atoms with Gasteiger partial charge in [-0.1, -0.05) is 0 Å². The number of carbonyl (C=O) groups excluding carboxylic acids is 2. The number of carbonyl (C=O) groups is 2. The highest BCUT2D eigenvalue weighted by atomic mass is 19.2. The minimum Gasteiger partial charge on any atom is -0.467 e. The molecule has 150 valence electrons. The number of hydrogen-bond donors (Lipinski definition) is 3. The van der Waals surface area contributed by atoms with Crippen LogP contribution < -0.4 is 20.9 Å². The van der Waals surface area contributed by atoms with Crippen molar-refractivity contribution in [1.29, 1.82) is 0 Å². The lowest BCUT2D eigenvalue weighted by atomic mass is 10.1. The Hall–Kier alpha value is -3.10. The molecule has 3 amide bonds. The fourth-order valence-corrected chi connectivity index (χ4v) is 3.04. The fourth-order valence-electron chi connectivity index (χ4n) is 3.04. The predicted octanol–water partition coefficient (Wildman–Crippen LogP) is 2.00. The molecule has 7 nitrogen and oxygen atoms in total. The summed E-state index contributed by atoms with van der Waals surface area (Å²) in [7, 11) is 0. The summed E-state index contributed by atoms with van der Waals surface area (Å²) in [4.78, 5) is 25.5. The zero-order valence-electron chi connectivity index (χ0n) is 15.2. The van der Waals surface area contributed by atoms with E-state index in [2.05, 4.69) is 16.0 Å². The molecule has 1 aromatic heterocycles. The Kier molecular flexibility index (Phi) is 6.46. The van der Waals surface area contributed by atoms with Gasteiger partial charge in [0.05, 0.1) is 19.4 Å². The number of rotatable bonds is 7. The van der Waals surface area contributed by atoms with E-state index in [-0.39, 0.29) is 24.9 Å². The lowest BCUT2D eigenvalue weighted by Crippen LogP contribution is -2.43. The lowest BCUT2D eigenvalue weighted by molar-refractivity contribution is -0.120. The minimum absolute atomic E-state index is 0.141. The number of urea groups is 1. The maximum atomic E-state index is 13.4. The number of anilines is 1. The molecule has 0 saturated carbocycles. The second-order valence-corrected chi connectivity index (χ2v) is 6.62. The van der Waals surface area contributed by atoms with Crippen LogP contribution >= 0.6 is 0 Å². The van der Waals surface area contributed by atoms with Crippen LogP contribution in [-0.2, 0) is 11.3 Å². The summed E-state index contributed by atoms with van der Waals surface area (Å²) < 4.78 is 31.5. The third-order valence-electron chi connectivity index (χ3n) is 4.55. The van der Waals surface area contributed by atoms with E-state index in [0.29, 0.717) is 31.1 Å². The Morgan fingerprint density at radius 1 is 1.14 bits per heavy atom. The quantitative estimate of drug-likeness (QED) is 0.673. The Morgan fingerprint density at radius 2 is 2.00 bits per heavy atom. The number of nitrogens with zero attached hydrogens (tertiary/aromatic N) is 1. The summed E-state index contributed by atoms with van der Waals surface area (Å²) in [6.07, 6.45) is 2.34. The summed E-state index contributed by atoms with van der Waals surface area (Å²) in [6.45, 7) is 1.89. The number of nitrogens with one attached hydrogen (secondary N) is 3. The summed E-state index contributed by atoms with van der Waals surface area (Å²) in [5.41, 5.74) is 0.624. The Balaban J connectivity index is 1.33. The predicted molar refractivity (Wildman–Crippen MR) is 98.6 cm³/mol. The van der Waals surface area contributed by atoms with E-state index in [9.17, 15) is 18.4 Å². The number of amides is 3. The first-order valence-electron chi connectivity index (χ1n) is 9.02. The van der Waals surface area contributed by atoms with Gasteiger partial charge in [-0.3, -0.25) is 4.79 Å². The van der Waals surface area contributed by atoms with E-state index in [1.165, 1.54) is 12.3 Å². The number of benzene rings is 1. The molecule has 28 heavy (non-hydrogen) atoms. The maximum Gasteiger partial charge on any atom is 0.315 e. The molecule has 1 saturated heterocycles. The van der Waals surface area contributed by atoms with Crippen molar-refractivity contribution >= 4 is 17.6 Å².